The molecule has 0 radical (unpaired) electrons. The van der Waals surface area contributed by atoms with Gasteiger partial charge in [0, 0.05) is 33.6 Å². The van der Waals surface area contributed by atoms with Crippen LogP contribution in [0.1, 0.15) is 16.7 Å². The number of nitrogens with zero attached hydrogens (tertiary/aromatic N) is 3. The van der Waals surface area contributed by atoms with E-state index in [1.165, 1.54) is 0 Å². The van der Waals surface area contributed by atoms with Crippen molar-refractivity contribution in [1.29, 1.82) is 5.26 Å². The molecule has 0 aliphatic heterocycles. The number of carbonyl (C=O) groups excluding carboxylic acids is 1. The zero-order valence-electron chi connectivity index (χ0n) is 21.7. The largest absolute Gasteiger partial charge is 0.489 e. The number of aryl methyl sites for hydroxylation is 1. The number of nitrogens with one attached hydrogen (secondary N) is 1. The van der Waals surface area contributed by atoms with Gasteiger partial charge >= 0.3 is 0 Å². The molecule has 6 nitrogen and oxygen atoms in total. The van der Waals surface area contributed by atoms with Gasteiger partial charge in [0.05, 0.1) is 5.69 Å². The quantitative estimate of drug-likeness (QED) is 0.161. The number of benzene rings is 4. The summed E-state index contributed by atoms with van der Waals surface area (Å²) < 4.78 is 7.76. The van der Waals surface area contributed by atoms with Gasteiger partial charge in [-0.1, -0.05) is 77.8 Å². The molecule has 0 aliphatic rings. The number of ether oxygens (including phenoxy) is 1. The Morgan fingerprint density at radius 1 is 1.00 bits per heavy atom. The molecule has 5 rings (SSSR count). The summed E-state index contributed by atoms with van der Waals surface area (Å²) in [6, 6.07) is 34.1. The normalized spacial score (nSPS) is 11.1. The Balaban J connectivity index is 1.49. The fraction of sp³-hybridized carbons (Fsp3) is 0.0606. The maximum absolute atomic E-state index is 13.0. The minimum atomic E-state index is -0.499. The molecule has 196 valence electrons. The van der Waals surface area contributed by atoms with Crippen LogP contribution in [-0.2, 0) is 11.4 Å². The molecule has 0 spiro atoms. The lowest BCUT2D eigenvalue weighted by Gasteiger charge is -2.09. The Hall–Kier alpha value is -5.12. The second kappa shape index (κ2) is 12.2. The van der Waals surface area contributed by atoms with Crippen LogP contribution in [0.25, 0.3) is 23.0 Å². The fourth-order valence-corrected chi connectivity index (χ4v) is 4.27. The molecule has 0 bridgehead atoms. The SMILES string of the molecule is Cc1ccc(NC(=O)C(C#N)=Cc2cn(-c3ccccc3)nc2-c2cccc(OCc3ccccc3Cl)c2)cc1. The number of anilines is 1. The molecule has 1 heterocycles. The lowest BCUT2D eigenvalue weighted by molar-refractivity contribution is -0.112. The number of para-hydroxylation sites is 1. The molecule has 5 aromatic rings. The fourth-order valence-electron chi connectivity index (χ4n) is 4.08. The number of aromatic nitrogens is 2. The van der Waals surface area contributed by atoms with Crippen LogP contribution >= 0.6 is 11.6 Å². The second-order valence-electron chi connectivity index (χ2n) is 9.11. The van der Waals surface area contributed by atoms with Gasteiger partial charge in [-0.05, 0) is 55.5 Å². The van der Waals surface area contributed by atoms with Crippen LogP contribution < -0.4 is 10.1 Å². The zero-order valence-corrected chi connectivity index (χ0v) is 22.5. The standard InChI is InChI=1S/C33H25ClN4O2/c1-23-14-16-28(17-15-23)36-33(39)26(20-35)18-27-21-38(29-10-3-2-4-11-29)37-32(27)24-9-7-12-30(19-24)40-22-25-8-5-6-13-31(25)34/h2-19,21H,22H2,1H3,(H,36,39). The molecule has 4 aromatic carbocycles. The molecule has 0 unspecified atom stereocenters. The van der Waals surface area contributed by atoms with E-state index < -0.39 is 5.91 Å². The molecule has 1 N–H and O–H groups in total. The van der Waals surface area contributed by atoms with Crippen molar-refractivity contribution in [2.24, 2.45) is 0 Å². The predicted octanol–water partition coefficient (Wildman–Crippen LogP) is 7.63. The first kappa shape index (κ1) is 26.5. The maximum Gasteiger partial charge on any atom is 0.266 e. The van der Waals surface area contributed by atoms with Crippen LogP contribution in [0.2, 0.25) is 5.02 Å². The van der Waals surface area contributed by atoms with E-state index in [0.29, 0.717) is 34.3 Å². The number of carbonyl (C=O) groups is 1. The Kier molecular flexibility index (Phi) is 8.05. The third kappa shape index (κ3) is 6.29. The summed E-state index contributed by atoms with van der Waals surface area (Å²) in [4.78, 5) is 13.0. The van der Waals surface area contributed by atoms with Crippen molar-refractivity contribution in [1.82, 2.24) is 9.78 Å². The molecular weight excluding hydrogens is 520 g/mol. The van der Waals surface area contributed by atoms with Gasteiger partial charge in [0.2, 0.25) is 0 Å². The van der Waals surface area contributed by atoms with Crippen molar-refractivity contribution in [3.63, 3.8) is 0 Å². The number of amides is 1. The number of rotatable bonds is 8. The highest BCUT2D eigenvalue weighted by Crippen LogP contribution is 2.29. The highest BCUT2D eigenvalue weighted by atomic mass is 35.5. The molecule has 7 heteroatoms. The van der Waals surface area contributed by atoms with Crippen molar-refractivity contribution in [3.8, 4) is 28.8 Å². The molecule has 0 atom stereocenters. The van der Waals surface area contributed by atoms with Crippen LogP contribution in [0.4, 0.5) is 5.69 Å². The summed E-state index contributed by atoms with van der Waals surface area (Å²) in [5.74, 6) is 0.140. The zero-order chi connectivity index (χ0) is 27.9. The van der Waals surface area contributed by atoms with Crippen molar-refractivity contribution >= 4 is 29.3 Å². The molecule has 0 fully saturated rings. The molecule has 0 saturated carbocycles. The maximum atomic E-state index is 13.0. The number of nitriles is 1. The third-order valence-corrected chi connectivity index (χ3v) is 6.57. The summed E-state index contributed by atoms with van der Waals surface area (Å²) in [6.07, 6.45) is 3.36. The van der Waals surface area contributed by atoms with E-state index >= 15 is 0 Å². The van der Waals surface area contributed by atoms with Gasteiger partial charge in [-0.3, -0.25) is 4.79 Å². The van der Waals surface area contributed by atoms with Crippen LogP contribution in [0.3, 0.4) is 0 Å². The highest BCUT2D eigenvalue weighted by molar-refractivity contribution is 6.31. The Morgan fingerprint density at radius 2 is 1.75 bits per heavy atom. The molecule has 40 heavy (non-hydrogen) atoms. The first-order valence-corrected chi connectivity index (χ1v) is 13.0. The van der Waals surface area contributed by atoms with Gasteiger partial charge in [-0.15, -0.1) is 0 Å². The summed E-state index contributed by atoms with van der Waals surface area (Å²) in [5.41, 5.74) is 5.35. The van der Waals surface area contributed by atoms with Gasteiger partial charge in [-0.2, -0.15) is 10.4 Å². The van der Waals surface area contributed by atoms with E-state index in [2.05, 4.69) is 5.32 Å². The summed E-state index contributed by atoms with van der Waals surface area (Å²) in [5, 5.41) is 18.1. The van der Waals surface area contributed by atoms with Crippen LogP contribution in [0, 0.1) is 18.3 Å². The van der Waals surface area contributed by atoms with E-state index in [-0.39, 0.29) is 5.57 Å². The van der Waals surface area contributed by atoms with Crippen LogP contribution in [-0.4, -0.2) is 15.7 Å². The number of hydrogen-bond donors (Lipinski definition) is 1. The van der Waals surface area contributed by atoms with E-state index in [1.807, 2.05) is 104 Å². The monoisotopic (exact) mass is 544 g/mol. The lowest BCUT2D eigenvalue weighted by atomic mass is 10.1. The van der Waals surface area contributed by atoms with E-state index in [0.717, 1.165) is 22.4 Å². The van der Waals surface area contributed by atoms with E-state index in [9.17, 15) is 10.1 Å². The number of hydrogen-bond acceptors (Lipinski definition) is 4. The lowest BCUT2D eigenvalue weighted by Crippen LogP contribution is -2.13. The third-order valence-electron chi connectivity index (χ3n) is 6.20. The highest BCUT2D eigenvalue weighted by Gasteiger charge is 2.16. The first-order valence-electron chi connectivity index (χ1n) is 12.6. The summed E-state index contributed by atoms with van der Waals surface area (Å²) in [7, 11) is 0. The minimum absolute atomic E-state index is 0.0411. The van der Waals surface area contributed by atoms with Gasteiger partial charge in [0.25, 0.3) is 5.91 Å². The Labute approximate surface area is 237 Å². The first-order chi connectivity index (χ1) is 19.5. The summed E-state index contributed by atoms with van der Waals surface area (Å²) in [6.45, 7) is 2.28. The predicted molar refractivity (Wildman–Crippen MR) is 158 cm³/mol. The molecule has 0 saturated heterocycles. The van der Waals surface area contributed by atoms with Gasteiger partial charge in [0.1, 0.15) is 29.7 Å². The number of halogens is 1. The molecule has 0 aliphatic carbocycles. The topological polar surface area (TPSA) is 79.9 Å². The molecule has 1 aromatic heterocycles. The van der Waals surface area contributed by atoms with E-state index in [1.54, 1.807) is 29.1 Å². The second-order valence-corrected chi connectivity index (χ2v) is 9.52. The smallest absolute Gasteiger partial charge is 0.266 e. The van der Waals surface area contributed by atoms with Gasteiger partial charge in [0.15, 0.2) is 0 Å². The average molecular weight is 545 g/mol. The van der Waals surface area contributed by atoms with E-state index in [4.69, 9.17) is 21.4 Å². The molecule has 1 amide bonds. The van der Waals surface area contributed by atoms with Gasteiger partial charge < -0.3 is 10.1 Å². The average Bonchev–Trinajstić information content (AvgIpc) is 3.41. The van der Waals surface area contributed by atoms with Crippen LogP contribution in [0.15, 0.2) is 115 Å². The van der Waals surface area contributed by atoms with Crippen molar-refractivity contribution < 1.29 is 9.53 Å². The summed E-state index contributed by atoms with van der Waals surface area (Å²) >= 11 is 6.29. The Morgan fingerprint density at radius 3 is 2.50 bits per heavy atom. The van der Waals surface area contributed by atoms with Gasteiger partial charge in [-0.25, -0.2) is 4.68 Å². The molecular formula is C33H25ClN4O2. The van der Waals surface area contributed by atoms with Crippen LogP contribution in [0.5, 0.6) is 5.75 Å². The van der Waals surface area contributed by atoms with Crippen molar-refractivity contribution in [2.75, 3.05) is 5.32 Å². The van der Waals surface area contributed by atoms with Crippen molar-refractivity contribution in [2.45, 2.75) is 13.5 Å². The van der Waals surface area contributed by atoms with Crippen molar-refractivity contribution in [3.05, 3.63) is 137 Å². The Bertz CT molecular complexity index is 1720. The minimum Gasteiger partial charge on any atom is -0.489 e.